The number of likely N-dealkylation sites (tertiary alicyclic amines) is 1. The molecule has 0 aliphatic carbocycles. The quantitative estimate of drug-likeness (QED) is 0.904. The molecule has 110 valence electrons. The lowest BCUT2D eigenvalue weighted by Gasteiger charge is -2.31. The van der Waals surface area contributed by atoms with Crippen molar-refractivity contribution in [1.82, 2.24) is 4.90 Å². The number of nitrogens with two attached hydrogens (primary N) is 1. The van der Waals surface area contributed by atoms with Gasteiger partial charge in [0, 0.05) is 13.1 Å². The first-order chi connectivity index (χ1) is 9.30. The summed E-state index contributed by atoms with van der Waals surface area (Å²) in [5.74, 6) is 0.0271. The van der Waals surface area contributed by atoms with Crippen molar-refractivity contribution >= 4 is 27.5 Å². The second kappa shape index (κ2) is 5.71. The van der Waals surface area contributed by atoms with Crippen molar-refractivity contribution < 1.29 is 13.2 Å². The predicted octanol–water partition coefficient (Wildman–Crippen LogP) is 1.86. The van der Waals surface area contributed by atoms with Crippen LogP contribution in [0.3, 0.4) is 0 Å². The first-order valence-corrected chi connectivity index (χ1v) is 8.33. The van der Waals surface area contributed by atoms with E-state index in [0.29, 0.717) is 19.0 Å². The van der Waals surface area contributed by atoms with Gasteiger partial charge in [-0.2, -0.15) is 0 Å². The number of sulfonamides is 1. The Balaban J connectivity index is 2.44. The molecule has 1 unspecified atom stereocenters. The van der Waals surface area contributed by atoms with Crippen molar-refractivity contribution in [3.8, 4) is 0 Å². The van der Waals surface area contributed by atoms with Gasteiger partial charge in [0.25, 0.3) is 5.91 Å². The molecule has 2 N–H and O–H groups in total. The summed E-state index contributed by atoms with van der Waals surface area (Å²) in [5.41, 5.74) is -0.0224. The van der Waals surface area contributed by atoms with Crippen LogP contribution in [0.25, 0.3) is 0 Å². The van der Waals surface area contributed by atoms with Crippen molar-refractivity contribution in [2.75, 3.05) is 13.1 Å². The second-order valence-electron chi connectivity index (χ2n) is 5.16. The third-order valence-electron chi connectivity index (χ3n) is 3.44. The van der Waals surface area contributed by atoms with Crippen molar-refractivity contribution in [3.63, 3.8) is 0 Å². The highest BCUT2D eigenvalue weighted by molar-refractivity contribution is 7.89. The van der Waals surface area contributed by atoms with E-state index in [0.717, 1.165) is 12.8 Å². The van der Waals surface area contributed by atoms with E-state index in [1.807, 2.05) is 0 Å². The highest BCUT2D eigenvalue weighted by Crippen LogP contribution is 2.26. The molecule has 20 heavy (non-hydrogen) atoms. The van der Waals surface area contributed by atoms with E-state index < -0.39 is 10.0 Å². The molecule has 1 saturated heterocycles. The molecule has 0 saturated carbocycles. The second-order valence-corrected chi connectivity index (χ2v) is 7.09. The molecule has 1 fully saturated rings. The maximum Gasteiger partial charge on any atom is 0.256 e. The molecule has 1 aromatic carbocycles. The largest absolute Gasteiger partial charge is 0.338 e. The number of hydrogen-bond donors (Lipinski definition) is 1. The van der Waals surface area contributed by atoms with Gasteiger partial charge in [0.1, 0.15) is 0 Å². The third-order valence-corrected chi connectivity index (χ3v) is 4.71. The SMILES string of the molecule is CC1CCCN(C(=O)c2c(Cl)cccc2S(N)(=O)=O)C1. The molecule has 0 spiro atoms. The fourth-order valence-electron chi connectivity index (χ4n) is 2.48. The smallest absolute Gasteiger partial charge is 0.256 e. The molecule has 7 heteroatoms. The molecule has 1 aliphatic rings. The number of nitrogens with zero attached hydrogens (tertiary/aromatic N) is 1. The molecule has 0 bridgehead atoms. The molecular weight excluding hydrogens is 300 g/mol. The number of carbonyl (C=O) groups is 1. The van der Waals surface area contributed by atoms with Gasteiger partial charge < -0.3 is 4.90 Å². The summed E-state index contributed by atoms with van der Waals surface area (Å²) >= 11 is 6.02. The minimum absolute atomic E-state index is 0.0224. The first kappa shape index (κ1) is 15.3. The molecule has 5 nitrogen and oxygen atoms in total. The predicted molar refractivity (Wildman–Crippen MR) is 77.1 cm³/mol. The van der Waals surface area contributed by atoms with Gasteiger partial charge in [-0.1, -0.05) is 24.6 Å². The number of rotatable bonds is 2. The fourth-order valence-corrected chi connectivity index (χ4v) is 3.54. The summed E-state index contributed by atoms with van der Waals surface area (Å²) in [7, 11) is -3.99. The number of halogens is 1. The van der Waals surface area contributed by atoms with E-state index in [9.17, 15) is 13.2 Å². The molecular formula is C13H17ClN2O3S. The van der Waals surface area contributed by atoms with Crippen LogP contribution in [-0.4, -0.2) is 32.3 Å². The average molecular weight is 317 g/mol. The van der Waals surface area contributed by atoms with Crippen LogP contribution < -0.4 is 5.14 Å². The Kier molecular flexibility index (Phi) is 4.36. The highest BCUT2D eigenvalue weighted by Gasteiger charge is 2.28. The van der Waals surface area contributed by atoms with Gasteiger partial charge in [-0.3, -0.25) is 4.79 Å². The van der Waals surface area contributed by atoms with Crippen LogP contribution >= 0.6 is 11.6 Å². The summed E-state index contributed by atoms with van der Waals surface area (Å²) in [5, 5.41) is 5.27. The normalized spacial score (nSPS) is 19.9. The number of benzene rings is 1. The Bertz CT molecular complexity index is 631. The van der Waals surface area contributed by atoms with Gasteiger partial charge in [0.15, 0.2) is 0 Å². The minimum Gasteiger partial charge on any atom is -0.338 e. The number of piperidine rings is 1. The summed E-state index contributed by atoms with van der Waals surface area (Å²) in [6, 6.07) is 4.27. The van der Waals surface area contributed by atoms with E-state index in [1.165, 1.54) is 18.2 Å². The van der Waals surface area contributed by atoms with E-state index in [1.54, 1.807) is 4.90 Å². The van der Waals surface area contributed by atoms with Crippen LogP contribution in [0.5, 0.6) is 0 Å². The van der Waals surface area contributed by atoms with Gasteiger partial charge in [-0.15, -0.1) is 0 Å². The Morgan fingerprint density at radius 1 is 1.45 bits per heavy atom. The monoisotopic (exact) mass is 316 g/mol. The topological polar surface area (TPSA) is 80.5 Å². The molecule has 1 atom stereocenters. The average Bonchev–Trinajstić information content (AvgIpc) is 2.36. The number of amides is 1. The maximum absolute atomic E-state index is 12.6. The van der Waals surface area contributed by atoms with Crippen LogP contribution in [0.15, 0.2) is 23.1 Å². The molecule has 0 aromatic heterocycles. The van der Waals surface area contributed by atoms with E-state index in [2.05, 4.69) is 6.92 Å². The van der Waals surface area contributed by atoms with Gasteiger partial charge >= 0.3 is 0 Å². The summed E-state index contributed by atoms with van der Waals surface area (Å²) in [4.78, 5) is 14.0. The van der Waals surface area contributed by atoms with Crippen LogP contribution in [0.4, 0.5) is 0 Å². The number of hydrogen-bond acceptors (Lipinski definition) is 3. The van der Waals surface area contributed by atoms with Crippen molar-refractivity contribution in [2.45, 2.75) is 24.7 Å². The molecule has 0 radical (unpaired) electrons. The minimum atomic E-state index is -3.99. The van der Waals surface area contributed by atoms with Crippen molar-refractivity contribution in [1.29, 1.82) is 0 Å². The Morgan fingerprint density at radius 2 is 2.15 bits per heavy atom. The lowest BCUT2D eigenvalue weighted by Crippen LogP contribution is -2.40. The van der Waals surface area contributed by atoms with E-state index in [4.69, 9.17) is 16.7 Å². The van der Waals surface area contributed by atoms with Crippen LogP contribution in [-0.2, 0) is 10.0 Å². The molecule has 1 heterocycles. The van der Waals surface area contributed by atoms with E-state index >= 15 is 0 Å². The zero-order chi connectivity index (χ0) is 14.9. The Hall–Kier alpha value is -1.11. The molecule has 2 rings (SSSR count). The molecule has 1 aromatic rings. The maximum atomic E-state index is 12.6. The van der Waals surface area contributed by atoms with Gasteiger partial charge in [-0.25, -0.2) is 13.6 Å². The standard InChI is InChI=1S/C13H17ClN2O3S/c1-9-4-3-7-16(8-9)13(17)12-10(14)5-2-6-11(12)20(15,18)19/h2,5-6,9H,3-4,7-8H2,1H3,(H2,15,18,19). The summed E-state index contributed by atoms with van der Waals surface area (Å²) < 4.78 is 23.2. The zero-order valence-electron chi connectivity index (χ0n) is 11.2. The van der Waals surface area contributed by atoms with Crippen molar-refractivity contribution in [2.24, 2.45) is 11.1 Å². The molecule has 1 aliphatic heterocycles. The molecule has 1 amide bonds. The number of carbonyl (C=O) groups excluding carboxylic acids is 1. The first-order valence-electron chi connectivity index (χ1n) is 6.41. The van der Waals surface area contributed by atoms with Crippen molar-refractivity contribution in [3.05, 3.63) is 28.8 Å². The fraction of sp³-hybridized carbons (Fsp3) is 0.462. The van der Waals surface area contributed by atoms with Gasteiger partial charge in [-0.05, 0) is 30.9 Å². The zero-order valence-corrected chi connectivity index (χ0v) is 12.7. The van der Waals surface area contributed by atoms with Crippen LogP contribution in [0.2, 0.25) is 5.02 Å². The Labute approximate surface area is 123 Å². The number of primary sulfonamides is 1. The third kappa shape index (κ3) is 3.13. The van der Waals surface area contributed by atoms with Crippen LogP contribution in [0.1, 0.15) is 30.1 Å². The lowest BCUT2D eigenvalue weighted by atomic mass is 9.99. The Morgan fingerprint density at radius 3 is 2.75 bits per heavy atom. The van der Waals surface area contributed by atoms with Gasteiger partial charge in [0.2, 0.25) is 10.0 Å². The van der Waals surface area contributed by atoms with Crippen LogP contribution in [0, 0.1) is 5.92 Å². The lowest BCUT2D eigenvalue weighted by molar-refractivity contribution is 0.0679. The van der Waals surface area contributed by atoms with Gasteiger partial charge in [0.05, 0.1) is 15.5 Å². The van der Waals surface area contributed by atoms with E-state index in [-0.39, 0.29) is 21.4 Å². The summed E-state index contributed by atoms with van der Waals surface area (Å²) in [6.07, 6.45) is 1.97. The highest BCUT2D eigenvalue weighted by atomic mass is 35.5. The summed E-state index contributed by atoms with van der Waals surface area (Å²) in [6.45, 7) is 3.28.